The van der Waals surface area contributed by atoms with Gasteiger partial charge >= 0.3 is 0 Å². The van der Waals surface area contributed by atoms with E-state index in [1.54, 1.807) is 0 Å². The molecule has 1 saturated carbocycles. The highest BCUT2D eigenvalue weighted by Crippen LogP contribution is 2.28. The molecule has 16 heavy (non-hydrogen) atoms. The van der Waals surface area contributed by atoms with Crippen molar-refractivity contribution in [3.05, 3.63) is 0 Å². The van der Waals surface area contributed by atoms with E-state index in [1.807, 2.05) is 0 Å². The molecular formula is C13H24BrNO. The molecule has 0 saturated heterocycles. The minimum atomic E-state index is 0.250. The van der Waals surface area contributed by atoms with Gasteiger partial charge in [-0.05, 0) is 25.2 Å². The van der Waals surface area contributed by atoms with Crippen LogP contribution in [-0.2, 0) is 4.79 Å². The normalized spacial score (nSPS) is 18.6. The Balaban J connectivity index is 2.13. The Hall–Kier alpha value is -0.0500. The third-order valence-corrected chi connectivity index (χ3v) is 4.03. The van der Waals surface area contributed by atoms with Crippen molar-refractivity contribution in [3.63, 3.8) is 0 Å². The number of hydrogen-bond acceptors (Lipinski definition) is 1. The first-order valence-electron chi connectivity index (χ1n) is 6.61. The van der Waals surface area contributed by atoms with E-state index in [-0.39, 0.29) is 5.91 Å². The average Bonchev–Trinajstić information content (AvgIpc) is 2.78. The van der Waals surface area contributed by atoms with E-state index in [0.717, 1.165) is 36.9 Å². The second-order valence-electron chi connectivity index (χ2n) is 4.84. The molecule has 2 nitrogen and oxygen atoms in total. The van der Waals surface area contributed by atoms with Gasteiger partial charge < -0.3 is 5.32 Å². The summed E-state index contributed by atoms with van der Waals surface area (Å²) in [4.78, 5) is 11.7. The maximum atomic E-state index is 11.7. The second-order valence-corrected chi connectivity index (χ2v) is 5.63. The SMILES string of the molecule is CCC(CCBr)NC(=O)CCC1CCCC1. The molecule has 0 radical (unpaired) electrons. The summed E-state index contributed by atoms with van der Waals surface area (Å²) in [5.74, 6) is 1.07. The third kappa shape index (κ3) is 5.33. The number of alkyl halides is 1. The van der Waals surface area contributed by atoms with E-state index in [4.69, 9.17) is 0 Å². The van der Waals surface area contributed by atoms with Crippen LogP contribution in [0.1, 0.15) is 58.3 Å². The molecule has 0 heterocycles. The van der Waals surface area contributed by atoms with Gasteiger partial charge in [0.15, 0.2) is 0 Å². The number of carbonyl (C=O) groups excluding carboxylic acids is 1. The quantitative estimate of drug-likeness (QED) is 0.713. The molecule has 0 aliphatic heterocycles. The lowest BCUT2D eigenvalue weighted by Crippen LogP contribution is -2.34. The Labute approximate surface area is 108 Å². The van der Waals surface area contributed by atoms with Crippen molar-refractivity contribution in [1.29, 1.82) is 0 Å². The second kappa shape index (κ2) is 8.10. The number of carbonyl (C=O) groups is 1. The van der Waals surface area contributed by atoms with E-state index in [1.165, 1.54) is 25.7 Å². The van der Waals surface area contributed by atoms with Gasteiger partial charge in [-0.25, -0.2) is 0 Å². The number of rotatable bonds is 7. The molecule has 1 aliphatic carbocycles. The van der Waals surface area contributed by atoms with Gasteiger partial charge in [0.2, 0.25) is 5.91 Å². The van der Waals surface area contributed by atoms with E-state index in [0.29, 0.717) is 6.04 Å². The summed E-state index contributed by atoms with van der Waals surface area (Å²) >= 11 is 3.42. The third-order valence-electron chi connectivity index (χ3n) is 3.57. The Morgan fingerprint density at radius 1 is 1.44 bits per heavy atom. The highest BCUT2D eigenvalue weighted by molar-refractivity contribution is 9.09. The molecule has 1 fully saturated rings. The smallest absolute Gasteiger partial charge is 0.220 e. The number of halogens is 1. The van der Waals surface area contributed by atoms with Crippen molar-refractivity contribution in [2.75, 3.05) is 5.33 Å². The largest absolute Gasteiger partial charge is 0.353 e. The minimum absolute atomic E-state index is 0.250. The van der Waals surface area contributed by atoms with Gasteiger partial charge in [0.25, 0.3) is 0 Å². The van der Waals surface area contributed by atoms with Crippen LogP contribution in [0.25, 0.3) is 0 Å². The van der Waals surface area contributed by atoms with E-state index < -0.39 is 0 Å². The van der Waals surface area contributed by atoms with Crippen LogP contribution < -0.4 is 5.32 Å². The monoisotopic (exact) mass is 289 g/mol. The fourth-order valence-electron chi connectivity index (χ4n) is 2.44. The van der Waals surface area contributed by atoms with Gasteiger partial charge in [-0.1, -0.05) is 48.5 Å². The summed E-state index contributed by atoms with van der Waals surface area (Å²) in [6, 6.07) is 0.357. The predicted octanol–water partition coefficient (Wildman–Crippen LogP) is 3.64. The number of hydrogen-bond donors (Lipinski definition) is 1. The summed E-state index contributed by atoms with van der Waals surface area (Å²) in [7, 11) is 0. The highest BCUT2D eigenvalue weighted by Gasteiger charge is 2.17. The van der Waals surface area contributed by atoms with Crippen LogP contribution in [0.4, 0.5) is 0 Å². The van der Waals surface area contributed by atoms with Crippen LogP contribution in [0, 0.1) is 5.92 Å². The standard InChI is InChI=1S/C13H24BrNO/c1-2-12(9-10-14)15-13(16)8-7-11-5-3-4-6-11/h11-12H,2-10H2,1H3,(H,15,16). The van der Waals surface area contributed by atoms with Crippen molar-refractivity contribution in [2.24, 2.45) is 5.92 Å². The molecule has 1 atom stereocenters. The summed E-state index contributed by atoms with van der Waals surface area (Å²) in [5, 5.41) is 4.09. The lowest BCUT2D eigenvalue weighted by molar-refractivity contribution is -0.122. The average molecular weight is 290 g/mol. The van der Waals surface area contributed by atoms with Crippen molar-refractivity contribution in [3.8, 4) is 0 Å². The zero-order chi connectivity index (χ0) is 11.8. The van der Waals surface area contributed by atoms with Crippen LogP contribution >= 0.6 is 15.9 Å². The van der Waals surface area contributed by atoms with Crippen LogP contribution in [0.3, 0.4) is 0 Å². The summed E-state index contributed by atoms with van der Waals surface area (Å²) in [5.41, 5.74) is 0. The van der Waals surface area contributed by atoms with Crippen LogP contribution in [0.5, 0.6) is 0 Å². The molecule has 0 aromatic rings. The molecular weight excluding hydrogens is 266 g/mol. The Kier molecular flexibility index (Phi) is 7.10. The van der Waals surface area contributed by atoms with Crippen LogP contribution in [-0.4, -0.2) is 17.3 Å². The van der Waals surface area contributed by atoms with E-state index >= 15 is 0 Å². The van der Waals surface area contributed by atoms with Crippen molar-refractivity contribution < 1.29 is 4.79 Å². The summed E-state index contributed by atoms with van der Waals surface area (Å²) in [6.07, 6.45) is 9.30. The Bertz CT molecular complexity index is 202. The maximum Gasteiger partial charge on any atom is 0.220 e. The van der Waals surface area contributed by atoms with Gasteiger partial charge in [0.05, 0.1) is 0 Å². The van der Waals surface area contributed by atoms with E-state index in [2.05, 4.69) is 28.2 Å². The molecule has 1 rings (SSSR count). The molecule has 1 N–H and O–H groups in total. The number of nitrogens with one attached hydrogen (secondary N) is 1. The molecule has 1 amide bonds. The van der Waals surface area contributed by atoms with E-state index in [9.17, 15) is 4.79 Å². The molecule has 1 aliphatic rings. The van der Waals surface area contributed by atoms with Crippen LogP contribution in [0.15, 0.2) is 0 Å². The minimum Gasteiger partial charge on any atom is -0.353 e. The van der Waals surface area contributed by atoms with Crippen molar-refractivity contribution in [2.45, 2.75) is 64.3 Å². The molecule has 0 spiro atoms. The van der Waals surface area contributed by atoms with Gasteiger partial charge in [-0.2, -0.15) is 0 Å². The van der Waals surface area contributed by atoms with Crippen molar-refractivity contribution >= 4 is 21.8 Å². The predicted molar refractivity (Wildman–Crippen MR) is 71.8 cm³/mol. The first kappa shape index (κ1) is 14.0. The maximum absolute atomic E-state index is 11.7. The fourth-order valence-corrected chi connectivity index (χ4v) is 3.00. The van der Waals surface area contributed by atoms with Gasteiger partial charge in [0.1, 0.15) is 0 Å². The molecule has 0 bridgehead atoms. The molecule has 0 aromatic heterocycles. The molecule has 0 aromatic carbocycles. The lowest BCUT2D eigenvalue weighted by atomic mass is 10.0. The van der Waals surface area contributed by atoms with Gasteiger partial charge in [-0.3, -0.25) is 4.79 Å². The lowest BCUT2D eigenvalue weighted by Gasteiger charge is -2.16. The number of amides is 1. The van der Waals surface area contributed by atoms with Crippen LogP contribution in [0.2, 0.25) is 0 Å². The molecule has 1 unspecified atom stereocenters. The van der Waals surface area contributed by atoms with Gasteiger partial charge in [0, 0.05) is 17.8 Å². The Morgan fingerprint density at radius 3 is 2.69 bits per heavy atom. The summed E-state index contributed by atoms with van der Waals surface area (Å²) < 4.78 is 0. The summed E-state index contributed by atoms with van der Waals surface area (Å²) in [6.45, 7) is 2.13. The Morgan fingerprint density at radius 2 is 2.12 bits per heavy atom. The zero-order valence-corrected chi connectivity index (χ0v) is 11.9. The molecule has 94 valence electrons. The first-order valence-corrected chi connectivity index (χ1v) is 7.73. The van der Waals surface area contributed by atoms with Crippen molar-refractivity contribution in [1.82, 2.24) is 5.32 Å². The topological polar surface area (TPSA) is 29.1 Å². The first-order chi connectivity index (χ1) is 7.76. The zero-order valence-electron chi connectivity index (χ0n) is 10.3. The van der Waals surface area contributed by atoms with Gasteiger partial charge in [-0.15, -0.1) is 0 Å². The molecule has 3 heteroatoms. The fraction of sp³-hybridized carbons (Fsp3) is 0.923. The highest BCUT2D eigenvalue weighted by atomic mass is 79.9.